The van der Waals surface area contributed by atoms with Gasteiger partial charge in [0.25, 0.3) is 11.8 Å². The molecule has 0 unspecified atom stereocenters. The number of halogens is 1. The van der Waals surface area contributed by atoms with Crippen LogP contribution in [0.2, 0.25) is 5.02 Å². The van der Waals surface area contributed by atoms with E-state index < -0.39 is 6.10 Å². The molecule has 0 aliphatic heterocycles. The molecule has 166 valence electrons. The van der Waals surface area contributed by atoms with E-state index in [-0.39, 0.29) is 11.8 Å². The maximum Gasteiger partial charge on any atom is 0.265 e. The first-order valence-electron chi connectivity index (χ1n) is 10.5. The third-order valence-corrected chi connectivity index (χ3v) is 6.77. The fourth-order valence-corrected chi connectivity index (χ4v) is 5.30. The van der Waals surface area contributed by atoms with Gasteiger partial charge in [-0.05, 0) is 68.0 Å². The number of nitrogens with zero attached hydrogens (tertiary/aromatic N) is 1. The number of rotatable bonds is 6. The number of nitrogens with one attached hydrogen (secondary N) is 2. The molecule has 0 saturated heterocycles. The molecule has 0 bridgehead atoms. The van der Waals surface area contributed by atoms with Crippen molar-refractivity contribution < 1.29 is 14.3 Å². The molecule has 1 aromatic carbocycles. The van der Waals surface area contributed by atoms with E-state index in [4.69, 9.17) is 16.3 Å². The lowest BCUT2D eigenvalue weighted by atomic mass is 9.88. The maximum absolute atomic E-state index is 13.2. The smallest absolute Gasteiger partial charge is 0.265 e. The van der Waals surface area contributed by atoms with Crippen LogP contribution in [0.25, 0.3) is 0 Å². The molecule has 3 aromatic rings. The van der Waals surface area contributed by atoms with Crippen molar-refractivity contribution in [1.29, 1.82) is 0 Å². The molecule has 1 aliphatic rings. The predicted octanol–water partition coefficient (Wildman–Crippen LogP) is 5.58. The Kier molecular flexibility index (Phi) is 6.77. The predicted molar refractivity (Wildman–Crippen MR) is 128 cm³/mol. The quantitative estimate of drug-likeness (QED) is 0.493. The molecule has 6 nitrogen and oxygen atoms in total. The van der Waals surface area contributed by atoms with Crippen LogP contribution in [-0.2, 0) is 17.6 Å². The van der Waals surface area contributed by atoms with E-state index in [2.05, 4.69) is 22.5 Å². The van der Waals surface area contributed by atoms with Crippen LogP contribution >= 0.6 is 22.9 Å². The summed E-state index contributed by atoms with van der Waals surface area (Å²) >= 11 is 7.47. The second kappa shape index (κ2) is 9.71. The monoisotopic (exact) mass is 469 g/mol. The summed E-state index contributed by atoms with van der Waals surface area (Å²) in [5.41, 5.74) is 1.53. The summed E-state index contributed by atoms with van der Waals surface area (Å²) < 4.78 is 5.74. The summed E-state index contributed by atoms with van der Waals surface area (Å²) in [5, 5.41) is 6.85. The summed E-state index contributed by atoms with van der Waals surface area (Å²) in [5.74, 6) is 0.920. The minimum atomic E-state index is -0.766. The van der Waals surface area contributed by atoms with Gasteiger partial charge in [0.2, 0.25) is 0 Å². The van der Waals surface area contributed by atoms with E-state index in [0.29, 0.717) is 33.1 Å². The molecule has 2 heterocycles. The van der Waals surface area contributed by atoms with Crippen LogP contribution < -0.4 is 15.4 Å². The number of amides is 2. The molecule has 0 radical (unpaired) electrons. The molecule has 2 amide bonds. The minimum absolute atomic E-state index is 0.269. The molecule has 8 heteroatoms. The fraction of sp³-hybridized carbons (Fsp3) is 0.292. The van der Waals surface area contributed by atoms with Gasteiger partial charge in [-0.2, -0.15) is 0 Å². The molecule has 0 saturated carbocycles. The number of thiophene rings is 1. The van der Waals surface area contributed by atoms with E-state index in [1.54, 1.807) is 49.5 Å². The molecule has 4 rings (SSSR count). The lowest BCUT2D eigenvalue weighted by molar-refractivity contribution is -0.122. The van der Waals surface area contributed by atoms with E-state index in [0.717, 1.165) is 29.7 Å². The summed E-state index contributed by atoms with van der Waals surface area (Å²) in [6.07, 6.45) is 3.57. The van der Waals surface area contributed by atoms with Crippen molar-refractivity contribution >= 4 is 45.6 Å². The SMILES string of the molecule is C[C@H]1CCc2c(sc(NC(=O)[C@H](C)Oc3cccc(Cl)c3)c2C(=O)Nc2ccccn2)C1. The molecule has 32 heavy (non-hydrogen) atoms. The van der Waals surface area contributed by atoms with Gasteiger partial charge >= 0.3 is 0 Å². The zero-order chi connectivity index (χ0) is 22.7. The number of carbonyl (C=O) groups is 2. The first kappa shape index (κ1) is 22.3. The highest BCUT2D eigenvalue weighted by Gasteiger charge is 2.29. The van der Waals surface area contributed by atoms with Crippen LogP contribution in [0.1, 0.15) is 41.1 Å². The van der Waals surface area contributed by atoms with Gasteiger partial charge in [0, 0.05) is 16.1 Å². The molecule has 0 fully saturated rings. The van der Waals surface area contributed by atoms with Crippen molar-refractivity contribution in [1.82, 2.24) is 4.98 Å². The highest BCUT2D eigenvalue weighted by atomic mass is 35.5. The van der Waals surface area contributed by atoms with Crippen LogP contribution in [-0.4, -0.2) is 22.9 Å². The van der Waals surface area contributed by atoms with Crippen LogP contribution in [0.3, 0.4) is 0 Å². The summed E-state index contributed by atoms with van der Waals surface area (Å²) in [7, 11) is 0. The molecular formula is C24H24ClN3O3S. The van der Waals surface area contributed by atoms with Crippen molar-refractivity contribution in [3.63, 3.8) is 0 Å². The standard InChI is InChI=1S/C24H24ClN3O3S/c1-14-9-10-18-19(12-14)32-24(21(18)23(30)27-20-8-3-4-11-26-20)28-22(29)15(2)31-17-7-5-6-16(25)13-17/h3-8,11,13-15H,9-10,12H2,1-2H3,(H,28,29)(H,26,27,30)/t14-,15-/m0/s1. The third kappa shape index (κ3) is 5.11. The van der Waals surface area contributed by atoms with Gasteiger partial charge in [0.1, 0.15) is 16.6 Å². The van der Waals surface area contributed by atoms with Gasteiger partial charge in [-0.3, -0.25) is 9.59 Å². The highest BCUT2D eigenvalue weighted by Crippen LogP contribution is 2.40. The Balaban J connectivity index is 1.57. The van der Waals surface area contributed by atoms with E-state index in [9.17, 15) is 9.59 Å². The number of benzene rings is 1. The Morgan fingerprint density at radius 2 is 2.06 bits per heavy atom. The van der Waals surface area contributed by atoms with Crippen LogP contribution in [0.4, 0.5) is 10.8 Å². The number of carbonyl (C=O) groups excluding carboxylic acids is 2. The van der Waals surface area contributed by atoms with Gasteiger partial charge in [-0.15, -0.1) is 11.3 Å². The van der Waals surface area contributed by atoms with E-state index >= 15 is 0 Å². The lowest BCUT2D eigenvalue weighted by Gasteiger charge is -2.18. The van der Waals surface area contributed by atoms with Crippen LogP contribution in [0, 0.1) is 5.92 Å². The first-order chi connectivity index (χ1) is 15.4. The zero-order valence-electron chi connectivity index (χ0n) is 17.9. The topological polar surface area (TPSA) is 80.3 Å². The average Bonchev–Trinajstić information content (AvgIpc) is 3.11. The number of fused-ring (bicyclic) bond motifs is 1. The Morgan fingerprint density at radius 3 is 2.81 bits per heavy atom. The number of hydrogen-bond donors (Lipinski definition) is 2. The Labute approximate surface area is 196 Å². The molecule has 0 spiro atoms. The van der Waals surface area contributed by atoms with Crippen molar-refractivity contribution in [2.24, 2.45) is 5.92 Å². The maximum atomic E-state index is 13.2. The fourth-order valence-electron chi connectivity index (χ4n) is 3.71. The van der Waals surface area contributed by atoms with Gasteiger partial charge < -0.3 is 15.4 Å². The van der Waals surface area contributed by atoms with Gasteiger partial charge in [-0.1, -0.05) is 30.7 Å². The van der Waals surface area contributed by atoms with Gasteiger partial charge in [0.15, 0.2) is 6.10 Å². The number of anilines is 2. The lowest BCUT2D eigenvalue weighted by Crippen LogP contribution is -2.30. The Bertz CT molecular complexity index is 1130. The number of pyridine rings is 1. The molecule has 1 aliphatic carbocycles. The highest BCUT2D eigenvalue weighted by molar-refractivity contribution is 7.17. The van der Waals surface area contributed by atoms with Crippen molar-refractivity contribution in [3.05, 3.63) is 69.7 Å². The first-order valence-corrected chi connectivity index (χ1v) is 11.7. The molecule has 2 aromatic heterocycles. The Hall–Kier alpha value is -2.90. The van der Waals surface area contributed by atoms with Crippen molar-refractivity contribution in [3.8, 4) is 5.75 Å². The second-order valence-electron chi connectivity index (χ2n) is 7.93. The number of ether oxygens (including phenoxy) is 1. The summed E-state index contributed by atoms with van der Waals surface area (Å²) in [6.45, 7) is 3.87. The van der Waals surface area contributed by atoms with E-state index in [1.807, 2.05) is 6.07 Å². The third-order valence-electron chi connectivity index (χ3n) is 5.36. The van der Waals surface area contributed by atoms with Crippen LogP contribution in [0.5, 0.6) is 5.75 Å². The van der Waals surface area contributed by atoms with Crippen molar-refractivity contribution in [2.75, 3.05) is 10.6 Å². The normalized spacial score (nSPS) is 16.0. The minimum Gasteiger partial charge on any atom is -0.481 e. The second-order valence-corrected chi connectivity index (χ2v) is 9.47. The molecule has 2 N–H and O–H groups in total. The summed E-state index contributed by atoms with van der Waals surface area (Å²) in [6, 6.07) is 12.2. The number of hydrogen-bond acceptors (Lipinski definition) is 5. The molecular weight excluding hydrogens is 446 g/mol. The van der Waals surface area contributed by atoms with Crippen LogP contribution in [0.15, 0.2) is 48.7 Å². The zero-order valence-corrected chi connectivity index (χ0v) is 19.4. The molecule has 2 atom stereocenters. The Morgan fingerprint density at radius 1 is 1.22 bits per heavy atom. The number of aromatic nitrogens is 1. The summed E-state index contributed by atoms with van der Waals surface area (Å²) in [4.78, 5) is 31.4. The largest absolute Gasteiger partial charge is 0.481 e. The average molecular weight is 470 g/mol. The van der Waals surface area contributed by atoms with Gasteiger partial charge in [0.05, 0.1) is 5.56 Å². The van der Waals surface area contributed by atoms with Gasteiger partial charge in [-0.25, -0.2) is 4.98 Å². The van der Waals surface area contributed by atoms with Crippen molar-refractivity contribution in [2.45, 2.75) is 39.2 Å². The van der Waals surface area contributed by atoms with E-state index in [1.165, 1.54) is 11.3 Å².